The largest absolute Gasteiger partial charge is 0.398 e. The van der Waals surface area contributed by atoms with Crippen LogP contribution in [0.4, 0.5) is 5.69 Å². The third-order valence-corrected chi connectivity index (χ3v) is 7.06. The van der Waals surface area contributed by atoms with Crippen molar-refractivity contribution in [2.75, 3.05) is 31.9 Å². The van der Waals surface area contributed by atoms with E-state index in [4.69, 9.17) is 5.73 Å². The first-order valence-corrected chi connectivity index (χ1v) is 12.1. The molecule has 1 saturated heterocycles. The molecule has 9 nitrogen and oxygen atoms in total. The van der Waals surface area contributed by atoms with Crippen LogP contribution in [0, 0.1) is 0 Å². The van der Waals surface area contributed by atoms with Crippen LogP contribution in [0.3, 0.4) is 0 Å². The number of nitrogens with zero attached hydrogens (tertiary/aromatic N) is 1. The Balaban J connectivity index is 1.47. The minimum Gasteiger partial charge on any atom is -0.398 e. The lowest BCUT2D eigenvalue weighted by atomic mass is 9.91. The molecule has 0 atom stereocenters. The summed E-state index contributed by atoms with van der Waals surface area (Å²) in [6.07, 6.45) is 0. The van der Waals surface area contributed by atoms with E-state index in [1.807, 2.05) is 35.2 Å². The molecule has 1 fully saturated rings. The Bertz CT molecular complexity index is 1580. The molecular weight excluding hydrogens is 470 g/mol. The van der Waals surface area contributed by atoms with Gasteiger partial charge < -0.3 is 26.0 Å². The van der Waals surface area contributed by atoms with Gasteiger partial charge in [0.25, 0.3) is 17.7 Å². The summed E-state index contributed by atoms with van der Waals surface area (Å²) >= 11 is 0. The van der Waals surface area contributed by atoms with Gasteiger partial charge in [0.1, 0.15) is 0 Å². The normalized spacial score (nSPS) is 15.2. The van der Waals surface area contributed by atoms with Gasteiger partial charge >= 0.3 is 0 Å². The third-order valence-electron chi connectivity index (χ3n) is 7.06. The lowest BCUT2D eigenvalue weighted by Gasteiger charge is -2.27. The van der Waals surface area contributed by atoms with Crippen molar-refractivity contribution in [1.29, 1.82) is 0 Å². The third kappa shape index (κ3) is 3.85. The van der Waals surface area contributed by atoms with E-state index in [-0.39, 0.29) is 29.3 Å². The van der Waals surface area contributed by atoms with E-state index >= 15 is 0 Å². The van der Waals surface area contributed by atoms with Crippen LogP contribution in [0.1, 0.15) is 36.6 Å². The summed E-state index contributed by atoms with van der Waals surface area (Å²) in [5, 5.41) is 15.8. The summed E-state index contributed by atoms with van der Waals surface area (Å²) in [6.45, 7) is 2.79. The number of nitrogen functional groups attached to an aromatic ring is 1. The molecule has 9 heteroatoms. The Morgan fingerprint density at radius 2 is 1.65 bits per heavy atom. The second-order valence-corrected chi connectivity index (χ2v) is 9.30. The summed E-state index contributed by atoms with van der Waals surface area (Å²) in [7, 11) is 0. The maximum Gasteiger partial charge on any atom is 0.261 e. The van der Waals surface area contributed by atoms with Crippen LogP contribution in [0.25, 0.3) is 33.3 Å². The Morgan fingerprint density at radius 3 is 2.38 bits per heavy atom. The van der Waals surface area contributed by atoms with Gasteiger partial charge in [0.2, 0.25) is 0 Å². The number of hydrogen-bond donors (Lipinski definition) is 5. The van der Waals surface area contributed by atoms with E-state index in [0.29, 0.717) is 35.5 Å². The van der Waals surface area contributed by atoms with Crippen LogP contribution in [0.5, 0.6) is 0 Å². The van der Waals surface area contributed by atoms with Crippen molar-refractivity contribution in [2.24, 2.45) is 0 Å². The van der Waals surface area contributed by atoms with Crippen molar-refractivity contribution in [1.82, 2.24) is 20.5 Å². The number of aromatic nitrogens is 1. The number of nitrogens with one attached hydrogen (secondary N) is 3. The smallest absolute Gasteiger partial charge is 0.261 e. The van der Waals surface area contributed by atoms with Crippen molar-refractivity contribution in [3.63, 3.8) is 0 Å². The van der Waals surface area contributed by atoms with Gasteiger partial charge in [-0.1, -0.05) is 24.3 Å². The maximum absolute atomic E-state index is 13.0. The standard InChI is InChI=1S/C28H25N5O4/c29-25-19(16-3-1-15(14-34)2-4-16)13-20(23-24(25)27(36)32-26(23)35)22-12-18-11-17(5-6-21(18)31-22)28(37)33-9-7-30-8-10-33/h1-6,11-13,30-31,34H,7-10,14,29H2,(H,32,35,36). The van der Waals surface area contributed by atoms with Gasteiger partial charge in [-0.3, -0.25) is 19.7 Å². The predicted molar refractivity (Wildman–Crippen MR) is 140 cm³/mol. The number of rotatable bonds is 4. The van der Waals surface area contributed by atoms with Gasteiger partial charge in [0.05, 0.1) is 23.4 Å². The van der Waals surface area contributed by atoms with E-state index < -0.39 is 11.8 Å². The fourth-order valence-electron chi connectivity index (χ4n) is 5.10. The molecule has 3 heterocycles. The molecule has 3 amide bonds. The quantitative estimate of drug-likeness (QED) is 0.218. The van der Waals surface area contributed by atoms with Gasteiger partial charge in [-0.25, -0.2) is 0 Å². The fourth-order valence-corrected chi connectivity index (χ4v) is 5.10. The van der Waals surface area contributed by atoms with Crippen molar-refractivity contribution in [3.05, 3.63) is 76.9 Å². The summed E-state index contributed by atoms with van der Waals surface area (Å²) in [6, 6.07) is 16.4. The first-order valence-electron chi connectivity index (χ1n) is 12.1. The van der Waals surface area contributed by atoms with Crippen LogP contribution in [0.15, 0.2) is 54.6 Å². The minimum atomic E-state index is -0.535. The SMILES string of the molecule is Nc1c(-c2ccc(CO)cc2)cc(-c2cc3cc(C(=O)N4CCNCC4)ccc3[nH]2)c2c1C(=O)NC2=O. The number of anilines is 1. The summed E-state index contributed by atoms with van der Waals surface area (Å²) < 4.78 is 0. The number of carbonyl (C=O) groups is 3. The van der Waals surface area contributed by atoms with Crippen LogP contribution in [-0.2, 0) is 6.61 Å². The number of hydrogen-bond acceptors (Lipinski definition) is 6. The number of aromatic amines is 1. The second kappa shape index (κ2) is 8.88. The Hall–Kier alpha value is -4.47. The van der Waals surface area contributed by atoms with Crippen LogP contribution in [0.2, 0.25) is 0 Å². The molecule has 4 aromatic rings. The van der Waals surface area contributed by atoms with Gasteiger partial charge in [-0.15, -0.1) is 0 Å². The first-order chi connectivity index (χ1) is 17.9. The summed E-state index contributed by atoms with van der Waals surface area (Å²) in [5.74, 6) is -1.05. The topological polar surface area (TPSA) is 141 Å². The highest BCUT2D eigenvalue weighted by molar-refractivity contribution is 6.27. The average Bonchev–Trinajstić information content (AvgIpc) is 3.49. The van der Waals surface area contributed by atoms with Gasteiger partial charge in [0.15, 0.2) is 0 Å². The number of fused-ring (bicyclic) bond motifs is 2. The number of aliphatic hydroxyl groups excluding tert-OH is 1. The highest BCUT2D eigenvalue weighted by Crippen LogP contribution is 2.40. The Kier molecular flexibility index (Phi) is 5.51. The zero-order chi connectivity index (χ0) is 25.7. The molecule has 0 spiro atoms. The lowest BCUT2D eigenvalue weighted by molar-refractivity contribution is 0.0735. The Morgan fingerprint density at radius 1 is 0.919 bits per heavy atom. The molecule has 6 N–H and O–H groups in total. The molecule has 0 bridgehead atoms. The maximum atomic E-state index is 13.0. The first kappa shape index (κ1) is 23.0. The number of amides is 3. The molecule has 2 aliphatic rings. The number of aliphatic hydroxyl groups is 1. The lowest BCUT2D eigenvalue weighted by Crippen LogP contribution is -2.46. The van der Waals surface area contributed by atoms with E-state index in [9.17, 15) is 19.5 Å². The number of benzene rings is 3. The van der Waals surface area contributed by atoms with Gasteiger partial charge in [-0.05, 0) is 41.5 Å². The molecule has 37 heavy (non-hydrogen) atoms. The molecule has 0 saturated carbocycles. The number of H-pyrrole nitrogens is 1. The molecular formula is C28H25N5O4. The molecule has 6 rings (SSSR count). The molecule has 186 valence electrons. The highest BCUT2D eigenvalue weighted by atomic mass is 16.3. The van der Waals surface area contributed by atoms with Crippen molar-refractivity contribution in [3.8, 4) is 22.4 Å². The number of carbonyl (C=O) groups excluding carboxylic acids is 3. The molecule has 0 unspecified atom stereocenters. The minimum absolute atomic E-state index is 0.0156. The number of piperazine rings is 1. The zero-order valence-electron chi connectivity index (χ0n) is 19.9. The molecule has 0 aliphatic carbocycles. The van der Waals surface area contributed by atoms with Crippen molar-refractivity contribution >= 4 is 34.3 Å². The molecule has 3 aromatic carbocycles. The molecule has 2 aliphatic heterocycles. The zero-order valence-corrected chi connectivity index (χ0v) is 19.9. The summed E-state index contributed by atoms with van der Waals surface area (Å²) in [5.41, 5.74) is 11.7. The highest BCUT2D eigenvalue weighted by Gasteiger charge is 2.34. The summed E-state index contributed by atoms with van der Waals surface area (Å²) in [4.78, 5) is 43.7. The van der Waals surface area contributed by atoms with E-state index in [1.54, 1.807) is 24.3 Å². The molecule has 0 radical (unpaired) electrons. The monoisotopic (exact) mass is 495 g/mol. The van der Waals surface area contributed by atoms with E-state index in [0.717, 1.165) is 35.1 Å². The number of nitrogens with two attached hydrogens (primary N) is 1. The van der Waals surface area contributed by atoms with Crippen LogP contribution >= 0.6 is 0 Å². The van der Waals surface area contributed by atoms with E-state index in [1.165, 1.54) is 0 Å². The van der Waals surface area contributed by atoms with Crippen LogP contribution < -0.4 is 16.4 Å². The van der Waals surface area contributed by atoms with Crippen molar-refractivity contribution in [2.45, 2.75) is 6.61 Å². The van der Waals surface area contributed by atoms with E-state index in [2.05, 4.69) is 15.6 Å². The number of imide groups is 1. The fraction of sp³-hybridized carbons (Fsp3) is 0.179. The van der Waals surface area contributed by atoms with Crippen molar-refractivity contribution < 1.29 is 19.5 Å². The van der Waals surface area contributed by atoms with Gasteiger partial charge in [0, 0.05) is 59.5 Å². The second-order valence-electron chi connectivity index (χ2n) is 9.30. The van der Waals surface area contributed by atoms with Gasteiger partial charge in [-0.2, -0.15) is 0 Å². The van der Waals surface area contributed by atoms with Crippen LogP contribution in [-0.4, -0.2) is 58.9 Å². The Labute approximate surface area is 212 Å². The predicted octanol–water partition coefficient (Wildman–Crippen LogP) is 2.51. The molecule has 1 aromatic heterocycles. The average molecular weight is 496 g/mol.